The zero-order valence-corrected chi connectivity index (χ0v) is 24.7. The zero-order chi connectivity index (χ0) is 30.2. The minimum absolute atomic E-state index is 0.207. The summed E-state index contributed by atoms with van der Waals surface area (Å²) >= 11 is 0. The van der Waals surface area contributed by atoms with Crippen molar-refractivity contribution in [2.24, 2.45) is 5.92 Å². The molecule has 0 bridgehead atoms. The SMILES string of the molecule is CN/C(=C\C(=N)C1CC1)C(=O)N(Cc1ccc(OC)cc1OC)Cc1cccc(-c2ccc(C(=O)OC)cc2)c1OC. The first-order valence-corrected chi connectivity index (χ1v) is 13.7. The number of amides is 1. The van der Waals surface area contributed by atoms with Crippen molar-refractivity contribution < 1.29 is 28.5 Å². The number of para-hydroxylation sites is 1. The highest BCUT2D eigenvalue weighted by Gasteiger charge is 2.28. The van der Waals surface area contributed by atoms with Crippen molar-refractivity contribution in [2.75, 3.05) is 35.5 Å². The zero-order valence-electron chi connectivity index (χ0n) is 24.7. The minimum Gasteiger partial charge on any atom is -0.497 e. The maximum absolute atomic E-state index is 14.0. The van der Waals surface area contributed by atoms with Gasteiger partial charge in [-0.25, -0.2) is 4.79 Å². The number of rotatable bonds is 13. The fourth-order valence-electron chi connectivity index (χ4n) is 4.75. The first-order chi connectivity index (χ1) is 20.3. The van der Waals surface area contributed by atoms with E-state index in [1.807, 2.05) is 42.5 Å². The Bertz CT molecular complexity index is 1480. The predicted octanol–water partition coefficient (Wildman–Crippen LogP) is 5.23. The summed E-state index contributed by atoms with van der Waals surface area (Å²) in [5, 5.41) is 11.4. The average molecular weight is 572 g/mol. The summed E-state index contributed by atoms with van der Waals surface area (Å²) in [5.41, 5.74) is 4.50. The van der Waals surface area contributed by atoms with Gasteiger partial charge in [-0.2, -0.15) is 0 Å². The summed E-state index contributed by atoms with van der Waals surface area (Å²) in [6, 6.07) is 18.4. The molecular formula is C33H37N3O6. The van der Waals surface area contributed by atoms with Crippen LogP contribution in [0.25, 0.3) is 11.1 Å². The number of ether oxygens (including phenoxy) is 4. The Morgan fingerprint density at radius 1 is 0.929 bits per heavy atom. The van der Waals surface area contributed by atoms with Gasteiger partial charge in [0.1, 0.15) is 22.9 Å². The highest BCUT2D eigenvalue weighted by atomic mass is 16.5. The number of likely N-dealkylation sites (N-methyl/N-ethyl adjacent to an activating group) is 1. The van der Waals surface area contributed by atoms with Crippen LogP contribution in [0.4, 0.5) is 0 Å². The second kappa shape index (κ2) is 13.7. The van der Waals surface area contributed by atoms with Crippen molar-refractivity contribution in [3.8, 4) is 28.4 Å². The van der Waals surface area contributed by atoms with E-state index in [1.165, 1.54) is 7.11 Å². The number of esters is 1. The van der Waals surface area contributed by atoms with Gasteiger partial charge in [0.05, 0.1) is 47.1 Å². The predicted molar refractivity (Wildman–Crippen MR) is 161 cm³/mol. The van der Waals surface area contributed by atoms with Crippen LogP contribution in [0.5, 0.6) is 17.2 Å². The van der Waals surface area contributed by atoms with Crippen LogP contribution in [0, 0.1) is 11.3 Å². The Morgan fingerprint density at radius 3 is 2.24 bits per heavy atom. The maximum atomic E-state index is 14.0. The molecule has 1 fully saturated rings. The molecule has 0 radical (unpaired) electrons. The van der Waals surface area contributed by atoms with E-state index < -0.39 is 5.97 Å². The number of nitrogens with one attached hydrogen (secondary N) is 2. The average Bonchev–Trinajstić information content (AvgIpc) is 3.88. The molecule has 0 saturated heterocycles. The molecule has 1 aliphatic carbocycles. The first kappa shape index (κ1) is 30.2. The van der Waals surface area contributed by atoms with E-state index in [-0.39, 0.29) is 24.9 Å². The summed E-state index contributed by atoms with van der Waals surface area (Å²) in [4.78, 5) is 27.6. The van der Waals surface area contributed by atoms with Crippen LogP contribution in [-0.2, 0) is 22.6 Å². The Kier molecular flexibility index (Phi) is 9.85. The molecule has 1 amide bonds. The van der Waals surface area contributed by atoms with Crippen molar-refractivity contribution in [3.63, 3.8) is 0 Å². The van der Waals surface area contributed by atoms with Gasteiger partial charge in [-0.15, -0.1) is 0 Å². The molecule has 3 aromatic rings. The van der Waals surface area contributed by atoms with Crippen LogP contribution in [0.2, 0.25) is 0 Å². The molecule has 9 heteroatoms. The van der Waals surface area contributed by atoms with Crippen molar-refractivity contribution in [3.05, 3.63) is 89.1 Å². The molecule has 4 rings (SSSR count). The van der Waals surface area contributed by atoms with E-state index in [4.69, 9.17) is 24.4 Å². The van der Waals surface area contributed by atoms with E-state index in [1.54, 1.807) is 57.6 Å². The smallest absolute Gasteiger partial charge is 0.337 e. The molecule has 0 aromatic heterocycles. The van der Waals surface area contributed by atoms with Crippen LogP contribution in [0.1, 0.15) is 34.3 Å². The number of allylic oxidation sites excluding steroid dienone is 1. The number of hydrogen-bond acceptors (Lipinski definition) is 8. The van der Waals surface area contributed by atoms with Gasteiger partial charge in [0, 0.05) is 41.4 Å². The number of carbonyl (C=O) groups is 2. The highest BCUT2D eigenvalue weighted by molar-refractivity contribution is 6.04. The van der Waals surface area contributed by atoms with E-state index in [0.29, 0.717) is 34.2 Å². The molecule has 42 heavy (non-hydrogen) atoms. The molecule has 0 unspecified atom stereocenters. The molecule has 2 N–H and O–H groups in total. The summed E-state index contributed by atoms with van der Waals surface area (Å²) in [5.74, 6) is 1.40. The molecule has 0 heterocycles. The van der Waals surface area contributed by atoms with Gasteiger partial charge in [0.25, 0.3) is 5.91 Å². The Labute approximate surface area is 246 Å². The Morgan fingerprint density at radius 2 is 1.64 bits per heavy atom. The molecule has 220 valence electrons. The van der Waals surface area contributed by atoms with Gasteiger partial charge < -0.3 is 34.6 Å². The first-order valence-electron chi connectivity index (χ1n) is 13.7. The van der Waals surface area contributed by atoms with Gasteiger partial charge in [-0.3, -0.25) is 4.79 Å². The van der Waals surface area contributed by atoms with Crippen LogP contribution in [-0.4, -0.2) is 58.0 Å². The molecule has 1 aliphatic rings. The molecule has 0 spiro atoms. The molecule has 3 aromatic carbocycles. The third-order valence-electron chi connectivity index (χ3n) is 7.24. The lowest BCUT2D eigenvalue weighted by atomic mass is 9.99. The van der Waals surface area contributed by atoms with Gasteiger partial charge >= 0.3 is 5.97 Å². The van der Waals surface area contributed by atoms with Gasteiger partial charge in [0.15, 0.2) is 0 Å². The molecule has 1 saturated carbocycles. The summed E-state index contributed by atoms with van der Waals surface area (Å²) in [7, 11) is 7.80. The van der Waals surface area contributed by atoms with E-state index in [9.17, 15) is 9.59 Å². The standard InChI is InChI=1S/C33H37N3O6/c1-35-29(18-28(34)22-11-12-22)32(37)36(19-24-15-16-26(39-2)17-30(24)40-3)20-25-7-6-8-27(31(25)41-4)21-9-13-23(14-10-21)33(38)42-5/h6-10,13-18,22,34-35H,11-12,19-20H2,1-5H3/b29-18-,34-28?. The summed E-state index contributed by atoms with van der Waals surface area (Å²) < 4.78 is 21.7. The van der Waals surface area contributed by atoms with Crippen molar-refractivity contribution in [1.82, 2.24) is 10.2 Å². The van der Waals surface area contributed by atoms with Crippen LogP contribution in [0.15, 0.2) is 72.4 Å². The van der Waals surface area contributed by atoms with Crippen molar-refractivity contribution in [2.45, 2.75) is 25.9 Å². The quantitative estimate of drug-likeness (QED) is 0.164. The van der Waals surface area contributed by atoms with E-state index in [2.05, 4.69) is 5.32 Å². The minimum atomic E-state index is -0.409. The fraction of sp³-hybridized carbons (Fsp3) is 0.303. The lowest BCUT2D eigenvalue weighted by Crippen LogP contribution is -2.35. The normalized spacial score (nSPS) is 12.7. The molecule has 0 aliphatic heterocycles. The van der Waals surface area contributed by atoms with Gasteiger partial charge in [0.2, 0.25) is 0 Å². The van der Waals surface area contributed by atoms with E-state index >= 15 is 0 Å². The second-order valence-electron chi connectivity index (χ2n) is 9.94. The van der Waals surface area contributed by atoms with Gasteiger partial charge in [-0.05, 0) is 48.7 Å². The van der Waals surface area contributed by atoms with Crippen molar-refractivity contribution in [1.29, 1.82) is 5.41 Å². The number of carbonyl (C=O) groups excluding carboxylic acids is 2. The second-order valence-corrected chi connectivity index (χ2v) is 9.94. The van der Waals surface area contributed by atoms with Crippen LogP contribution >= 0.6 is 0 Å². The largest absolute Gasteiger partial charge is 0.497 e. The number of hydrogen-bond donors (Lipinski definition) is 2. The number of methoxy groups -OCH3 is 4. The highest BCUT2D eigenvalue weighted by Crippen LogP contribution is 2.35. The van der Waals surface area contributed by atoms with Crippen molar-refractivity contribution >= 4 is 17.6 Å². The summed E-state index contributed by atoms with van der Waals surface area (Å²) in [6.45, 7) is 0.462. The van der Waals surface area contributed by atoms with Gasteiger partial charge in [-0.1, -0.05) is 30.3 Å². The lowest BCUT2D eigenvalue weighted by molar-refractivity contribution is -0.128. The summed E-state index contributed by atoms with van der Waals surface area (Å²) in [6.07, 6.45) is 3.57. The molecular weight excluding hydrogens is 534 g/mol. The van der Waals surface area contributed by atoms with Crippen LogP contribution in [0.3, 0.4) is 0 Å². The Hall–Kier alpha value is -4.79. The lowest BCUT2D eigenvalue weighted by Gasteiger charge is -2.26. The number of benzene rings is 3. The number of nitrogens with zero attached hydrogens (tertiary/aromatic N) is 1. The van der Waals surface area contributed by atoms with E-state index in [0.717, 1.165) is 35.1 Å². The third-order valence-corrected chi connectivity index (χ3v) is 7.24. The van der Waals surface area contributed by atoms with Crippen LogP contribution < -0.4 is 19.5 Å². The monoisotopic (exact) mass is 571 g/mol. The topological polar surface area (TPSA) is 110 Å². The molecule has 9 nitrogen and oxygen atoms in total. The Balaban J connectivity index is 1.73. The molecule has 0 atom stereocenters. The fourth-order valence-corrected chi connectivity index (χ4v) is 4.75. The maximum Gasteiger partial charge on any atom is 0.337 e. The third kappa shape index (κ3) is 6.91.